The molecule has 1 rings (SSSR count). The number of hydrogen-bond donors (Lipinski definition) is 4. The molecule has 1 aliphatic rings. The van der Waals surface area contributed by atoms with Gasteiger partial charge in [-0.2, -0.15) is 0 Å². The molecule has 0 heterocycles. The van der Waals surface area contributed by atoms with Crippen molar-refractivity contribution in [3.63, 3.8) is 0 Å². The standard InChI is InChI=1S/C33H58O6S.C7H13NO3/c1-23(10-8-12-30(38-6)21-27(5)33(36,37)32(35)40)18-24(2)14-16-29(34)17-15-25(3)19-26(4)20-28-11-9-13-31(22-28)39-7;1-2-3-4-5-8(6-9)7(10)11/h14,20,23,25,27-28,30-31,36-37H,8-13,15-19,21-22H2,1-7H3,(H,35,40);6H,2-5H2,1H3,(H,10,11)/b24-14+,26-20+;/t23-,25-,27?,28?,30?,31?;/m1./s1. The van der Waals surface area contributed by atoms with E-state index in [0.29, 0.717) is 61.9 Å². The van der Waals surface area contributed by atoms with Gasteiger partial charge < -0.3 is 24.8 Å². The van der Waals surface area contributed by atoms with Gasteiger partial charge in [-0.15, -0.1) is 0 Å². The second-order valence-corrected chi connectivity index (χ2v) is 15.4. The number of methoxy groups -OCH3 is 2. The number of amides is 2. The number of rotatable bonds is 25. The number of imide groups is 1. The second kappa shape index (κ2) is 27.5. The van der Waals surface area contributed by atoms with Crippen molar-refractivity contribution < 1.29 is 44.0 Å². The Labute approximate surface area is 314 Å². The van der Waals surface area contributed by atoms with Crippen LogP contribution >= 0.6 is 12.6 Å². The SMILES string of the molecule is CCCCCN(C=O)C(=O)O.COC1CCCC(/C=C(\C)C[C@H](C)CCC(=O)C/C=C(\C)C[C@H](C)CCCC(CC(C)C(O)(O)C(=O)S)OC)C1. The average molecular weight is 742 g/mol. The van der Waals surface area contributed by atoms with Gasteiger partial charge in [0.25, 0.3) is 0 Å². The Morgan fingerprint density at radius 2 is 1.61 bits per heavy atom. The molecule has 0 aromatic rings. The van der Waals surface area contributed by atoms with Crippen LogP contribution in [0.2, 0.25) is 0 Å². The lowest BCUT2D eigenvalue weighted by atomic mass is 9.85. The number of allylic oxidation sites excluding steroid dienone is 4. The molecule has 0 aromatic carbocycles. The number of thiol groups is 1. The summed E-state index contributed by atoms with van der Waals surface area (Å²) in [7, 11) is 3.43. The molecule has 0 aromatic heterocycles. The van der Waals surface area contributed by atoms with E-state index in [4.69, 9.17) is 14.6 Å². The summed E-state index contributed by atoms with van der Waals surface area (Å²) in [6, 6.07) is 0. The van der Waals surface area contributed by atoms with Crippen molar-refractivity contribution in [2.24, 2.45) is 23.7 Å². The first kappa shape index (κ1) is 49.0. The van der Waals surface area contributed by atoms with E-state index in [-0.39, 0.29) is 6.10 Å². The molecular weight excluding hydrogens is 671 g/mol. The van der Waals surface area contributed by atoms with Crippen LogP contribution in [0.1, 0.15) is 144 Å². The number of carbonyl (C=O) groups excluding carboxylic acids is 3. The van der Waals surface area contributed by atoms with Crippen LogP contribution in [-0.4, -0.2) is 82.4 Å². The van der Waals surface area contributed by atoms with Crippen LogP contribution in [0.5, 0.6) is 0 Å². The summed E-state index contributed by atoms with van der Waals surface area (Å²) in [5.74, 6) is -1.17. The van der Waals surface area contributed by atoms with Gasteiger partial charge in [0.05, 0.1) is 12.2 Å². The maximum absolute atomic E-state index is 12.5. The minimum Gasteiger partial charge on any atom is -0.465 e. The zero-order valence-electron chi connectivity index (χ0n) is 32.9. The molecule has 11 heteroatoms. The Kier molecular flexibility index (Phi) is 26.4. The first-order valence-electron chi connectivity index (χ1n) is 19.0. The maximum atomic E-state index is 12.5. The monoisotopic (exact) mass is 741 g/mol. The number of nitrogens with zero attached hydrogens (tertiary/aromatic N) is 1. The number of ketones is 1. The third kappa shape index (κ3) is 22.6. The summed E-state index contributed by atoms with van der Waals surface area (Å²) >= 11 is 3.57. The first-order valence-corrected chi connectivity index (χ1v) is 19.5. The Morgan fingerprint density at radius 1 is 0.961 bits per heavy atom. The molecule has 2 amide bonds. The van der Waals surface area contributed by atoms with Gasteiger partial charge in [0.2, 0.25) is 17.3 Å². The molecule has 10 nitrogen and oxygen atoms in total. The van der Waals surface area contributed by atoms with Crippen molar-refractivity contribution in [2.45, 2.75) is 162 Å². The second-order valence-electron chi connectivity index (χ2n) is 15.0. The minimum atomic E-state index is -2.44. The van der Waals surface area contributed by atoms with Gasteiger partial charge in [0.15, 0.2) is 0 Å². The normalized spacial score (nSPS) is 19.3. The van der Waals surface area contributed by atoms with Crippen molar-refractivity contribution in [3.8, 4) is 0 Å². The topological polar surface area (TPSA) is 151 Å². The van der Waals surface area contributed by atoms with Gasteiger partial charge in [-0.25, -0.2) is 4.79 Å². The van der Waals surface area contributed by atoms with Crippen LogP contribution in [-0.2, 0) is 23.9 Å². The molecule has 0 bridgehead atoms. The average Bonchev–Trinajstić information content (AvgIpc) is 3.07. The molecule has 0 saturated heterocycles. The lowest BCUT2D eigenvalue weighted by Crippen LogP contribution is -2.43. The summed E-state index contributed by atoms with van der Waals surface area (Å²) in [5, 5.41) is 27.2. The highest BCUT2D eigenvalue weighted by molar-refractivity contribution is 7.96. The van der Waals surface area contributed by atoms with Crippen molar-refractivity contribution in [1.29, 1.82) is 0 Å². The van der Waals surface area contributed by atoms with Crippen molar-refractivity contribution in [3.05, 3.63) is 23.3 Å². The fourth-order valence-corrected chi connectivity index (χ4v) is 6.94. The molecule has 51 heavy (non-hydrogen) atoms. The van der Waals surface area contributed by atoms with E-state index < -0.39 is 22.9 Å². The molecule has 0 radical (unpaired) electrons. The molecule has 0 aliphatic heterocycles. The Balaban J connectivity index is 0.00000194. The fraction of sp³-hybridized carbons (Fsp3) is 0.800. The molecule has 1 fully saturated rings. The lowest BCUT2D eigenvalue weighted by Gasteiger charge is -2.28. The number of ether oxygens (including phenoxy) is 2. The summed E-state index contributed by atoms with van der Waals surface area (Å²) in [6.45, 7) is 12.8. The molecular formula is C40H71NO9S. The highest BCUT2D eigenvalue weighted by Crippen LogP contribution is 2.30. The fourth-order valence-electron chi connectivity index (χ4n) is 6.72. The Morgan fingerprint density at radius 3 is 2.18 bits per heavy atom. The van der Waals surface area contributed by atoms with Crippen LogP contribution < -0.4 is 0 Å². The van der Waals surface area contributed by atoms with E-state index in [1.807, 2.05) is 14.0 Å². The highest BCUT2D eigenvalue weighted by atomic mass is 32.1. The molecule has 3 N–H and O–H groups in total. The predicted octanol–water partition coefficient (Wildman–Crippen LogP) is 8.54. The van der Waals surface area contributed by atoms with Gasteiger partial charge in [-0.05, 0) is 89.4 Å². The molecule has 4 unspecified atom stereocenters. The van der Waals surface area contributed by atoms with E-state index in [1.54, 1.807) is 14.0 Å². The van der Waals surface area contributed by atoms with Crippen LogP contribution in [0, 0.1) is 23.7 Å². The number of carbonyl (C=O) groups is 4. The molecule has 6 atom stereocenters. The molecule has 296 valence electrons. The first-order chi connectivity index (χ1) is 24.0. The van der Waals surface area contributed by atoms with Crippen molar-refractivity contribution >= 4 is 36.0 Å². The molecule has 0 spiro atoms. The summed E-state index contributed by atoms with van der Waals surface area (Å²) in [6.07, 6.45) is 18.7. The number of Topliss-reactive ketones (excluding diaryl/α,β-unsaturated/α-hetero) is 1. The van der Waals surface area contributed by atoms with Crippen molar-refractivity contribution in [1.82, 2.24) is 4.90 Å². The van der Waals surface area contributed by atoms with Gasteiger partial charge in [0.1, 0.15) is 5.78 Å². The van der Waals surface area contributed by atoms with E-state index in [1.165, 1.54) is 30.4 Å². The number of carboxylic acid groups (broad SMARTS) is 1. The van der Waals surface area contributed by atoms with Gasteiger partial charge in [-0.1, -0.05) is 95.7 Å². The third-order valence-electron chi connectivity index (χ3n) is 10.0. The zero-order valence-corrected chi connectivity index (χ0v) is 33.8. The van der Waals surface area contributed by atoms with Crippen LogP contribution in [0.25, 0.3) is 0 Å². The zero-order chi connectivity index (χ0) is 39.0. The number of hydrogen-bond acceptors (Lipinski definition) is 8. The quantitative estimate of drug-likeness (QED) is 0.0237. The predicted molar refractivity (Wildman–Crippen MR) is 207 cm³/mol. The van der Waals surface area contributed by atoms with E-state index in [0.717, 1.165) is 69.1 Å². The molecule has 1 aliphatic carbocycles. The number of unbranched alkanes of at least 4 members (excludes halogenated alkanes) is 2. The highest BCUT2D eigenvalue weighted by Gasteiger charge is 2.38. The summed E-state index contributed by atoms with van der Waals surface area (Å²) < 4.78 is 11.1. The Bertz CT molecular complexity index is 1080. The minimum absolute atomic E-state index is 0.153. The van der Waals surface area contributed by atoms with E-state index >= 15 is 0 Å². The van der Waals surface area contributed by atoms with E-state index in [2.05, 4.69) is 52.5 Å². The number of aliphatic hydroxyl groups is 2. The van der Waals surface area contributed by atoms with Crippen LogP contribution in [0.4, 0.5) is 4.79 Å². The van der Waals surface area contributed by atoms with Gasteiger partial charge in [0, 0.05) is 39.5 Å². The smallest absolute Gasteiger partial charge is 0.413 e. The van der Waals surface area contributed by atoms with Gasteiger partial charge >= 0.3 is 6.09 Å². The van der Waals surface area contributed by atoms with Crippen LogP contribution in [0.3, 0.4) is 0 Å². The maximum Gasteiger partial charge on any atom is 0.413 e. The van der Waals surface area contributed by atoms with Crippen molar-refractivity contribution in [2.75, 3.05) is 20.8 Å². The van der Waals surface area contributed by atoms with Crippen LogP contribution in [0.15, 0.2) is 23.3 Å². The Hall–Kier alpha value is -2.05. The summed E-state index contributed by atoms with van der Waals surface area (Å²) in [5.41, 5.74) is 2.70. The summed E-state index contributed by atoms with van der Waals surface area (Å²) in [4.78, 5) is 45.0. The molecule has 1 saturated carbocycles. The van der Waals surface area contributed by atoms with Gasteiger partial charge in [-0.3, -0.25) is 19.3 Å². The lowest BCUT2D eigenvalue weighted by molar-refractivity contribution is -0.196. The van der Waals surface area contributed by atoms with E-state index in [9.17, 15) is 29.4 Å². The third-order valence-corrected chi connectivity index (χ3v) is 10.3. The largest absolute Gasteiger partial charge is 0.465 e.